The summed E-state index contributed by atoms with van der Waals surface area (Å²) in [6.07, 6.45) is 0.979. The Morgan fingerprint density at radius 2 is 2.09 bits per heavy atom. The molecule has 0 heterocycles. The van der Waals surface area contributed by atoms with Crippen LogP contribution in [0.15, 0.2) is 18.2 Å². The maximum atomic E-state index is 11.9. The Balaban J connectivity index is 0.00000441. The van der Waals surface area contributed by atoms with Crippen LogP contribution in [0.25, 0.3) is 0 Å². The van der Waals surface area contributed by atoms with Crippen molar-refractivity contribution in [3.05, 3.63) is 28.8 Å². The number of hydrogen-bond donors (Lipinski definition) is 3. The van der Waals surface area contributed by atoms with Gasteiger partial charge in [0, 0.05) is 25.8 Å². The predicted molar refractivity (Wildman–Crippen MR) is 89.8 cm³/mol. The third kappa shape index (κ3) is 7.09. The summed E-state index contributed by atoms with van der Waals surface area (Å²) in [5.74, 6) is -0.410. The van der Waals surface area contributed by atoms with E-state index in [1.807, 2.05) is 0 Å². The standard InChI is InChI=1S/C14H20ClN3O3.ClH/c1-21-8-7-17-14(20)11-5-4-10(9-12(11)15)18-13(19)3-2-6-16;/h4-5,9H,2-3,6-8,16H2,1H3,(H,17,20)(H,18,19);1H. The van der Waals surface area contributed by atoms with E-state index in [9.17, 15) is 9.59 Å². The lowest BCUT2D eigenvalue weighted by Gasteiger charge is -2.09. The SMILES string of the molecule is COCCNC(=O)c1ccc(NC(=O)CCCN)cc1Cl.Cl. The Morgan fingerprint density at radius 3 is 2.68 bits per heavy atom. The second-order valence-electron chi connectivity index (χ2n) is 4.38. The van der Waals surface area contributed by atoms with E-state index in [-0.39, 0.29) is 29.2 Å². The fourth-order valence-corrected chi connectivity index (χ4v) is 1.89. The molecule has 0 fully saturated rings. The smallest absolute Gasteiger partial charge is 0.252 e. The number of carbonyl (C=O) groups is 2. The molecule has 1 rings (SSSR count). The number of nitrogens with two attached hydrogens (primary N) is 1. The summed E-state index contributed by atoms with van der Waals surface area (Å²) < 4.78 is 4.85. The van der Waals surface area contributed by atoms with Crippen molar-refractivity contribution in [1.29, 1.82) is 0 Å². The zero-order valence-electron chi connectivity index (χ0n) is 12.4. The van der Waals surface area contributed by atoms with Gasteiger partial charge in [0.25, 0.3) is 5.91 Å². The monoisotopic (exact) mass is 349 g/mol. The summed E-state index contributed by atoms with van der Waals surface area (Å²) in [5.41, 5.74) is 6.25. The Kier molecular flexibility index (Phi) is 10.6. The second kappa shape index (κ2) is 11.3. The fourth-order valence-electron chi connectivity index (χ4n) is 1.62. The highest BCUT2D eigenvalue weighted by molar-refractivity contribution is 6.34. The van der Waals surface area contributed by atoms with E-state index in [1.165, 1.54) is 0 Å². The first-order valence-corrected chi connectivity index (χ1v) is 7.03. The molecule has 0 aliphatic carbocycles. The van der Waals surface area contributed by atoms with Gasteiger partial charge in [-0.05, 0) is 31.2 Å². The van der Waals surface area contributed by atoms with Gasteiger partial charge in [0.2, 0.25) is 5.91 Å². The van der Waals surface area contributed by atoms with Gasteiger partial charge in [-0.25, -0.2) is 0 Å². The highest BCUT2D eigenvalue weighted by atomic mass is 35.5. The minimum absolute atomic E-state index is 0. The van der Waals surface area contributed by atoms with E-state index in [2.05, 4.69) is 10.6 Å². The van der Waals surface area contributed by atoms with Crippen LogP contribution in [-0.4, -0.2) is 38.6 Å². The number of methoxy groups -OCH3 is 1. The van der Waals surface area contributed by atoms with Gasteiger partial charge >= 0.3 is 0 Å². The van der Waals surface area contributed by atoms with Crippen LogP contribution in [0.3, 0.4) is 0 Å². The molecule has 1 aromatic rings. The number of amides is 2. The lowest BCUT2D eigenvalue weighted by molar-refractivity contribution is -0.116. The summed E-state index contributed by atoms with van der Waals surface area (Å²) in [6, 6.07) is 4.76. The molecule has 0 aromatic heterocycles. The van der Waals surface area contributed by atoms with Crippen molar-refractivity contribution >= 4 is 41.5 Å². The van der Waals surface area contributed by atoms with Gasteiger partial charge in [0.1, 0.15) is 0 Å². The summed E-state index contributed by atoms with van der Waals surface area (Å²) in [4.78, 5) is 23.4. The van der Waals surface area contributed by atoms with Gasteiger partial charge in [0.15, 0.2) is 0 Å². The van der Waals surface area contributed by atoms with Crippen molar-refractivity contribution in [3.63, 3.8) is 0 Å². The molecule has 124 valence electrons. The third-order valence-electron chi connectivity index (χ3n) is 2.70. The van der Waals surface area contributed by atoms with E-state index >= 15 is 0 Å². The molecule has 1 aromatic carbocycles. The maximum absolute atomic E-state index is 11.9. The van der Waals surface area contributed by atoms with Crippen molar-refractivity contribution < 1.29 is 14.3 Å². The summed E-state index contributed by atoms with van der Waals surface area (Å²) >= 11 is 6.06. The van der Waals surface area contributed by atoms with Crippen molar-refractivity contribution in [2.75, 3.05) is 32.1 Å². The van der Waals surface area contributed by atoms with Crippen LogP contribution in [0, 0.1) is 0 Å². The number of halogens is 2. The highest BCUT2D eigenvalue weighted by Crippen LogP contribution is 2.21. The number of benzene rings is 1. The number of rotatable bonds is 8. The van der Waals surface area contributed by atoms with Gasteiger partial charge in [-0.2, -0.15) is 0 Å². The molecule has 0 radical (unpaired) electrons. The first-order chi connectivity index (χ1) is 10.1. The van der Waals surface area contributed by atoms with E-state index in [1.54, 1.807) is 25.3 Å². The van der Waals surface area contributed by atoms with Crippen LogP contribution >= 0.6 is 24.0 Å². The molecule has 2 amide bonds. The van der Waals surface area contributed by atoms with Crippen molar-refractivity contribution in [1.82, 2.24) is 5.32 Å². The summed E-state index contributed by atoms with van der Waals surface area (Å²) in [7, 11) is 1.56. The normalized spacial score (nSPS) is 9.77. The molecule has 6 nitrogen and oxygen atoms in total. The molecule has 0 saturated carbocycles. The third-order valence-corrected chi connectivity index (χ3v) is 3.01. The largest absolute Gasteiger partial charge is 0.383 e. The molecule has 0 unspecified atom stereocenters. The second-order valence-corrected chi connectivity index (χ2v) is 4.79. The van der Waals surface area contributed by atoms with Crippen LogP contribution < -0.4 is 16.4 Å². The number of anilines is 1. The van der Waals surface area contributed by atoms with E-state index < -0.39 is 0 Å². The minimum Gasteiger partial charge on any atom is -0.383 e. The lowest BCUT2D eigenvalue weighted by atomic mass is 10.2. The number of hydrogen-bond acceptors (Lipinski definition) is 4. The van der Waals surface area contributed by atoms with Gasteiger partial charge in [-0.3, -0.25) is 9.59 Å². The Bertz CT molecular complexity index is 498. The molecule has 8 heteroatoms. The van der Waals surface area contributed by atoms with Gasteiger partial charge < -0.3 is 21.1 Å². The van der Waals surface area contributed by atoms with Gasteiger partial charge in [-0.1, -0.05) is 11.6 Å². The highest BCUT2D eigenvalue weighted by Gasteiger charge is 2.11. The average molecular weight is 350 g/mol. The lowest BCUT2D eigenvalue weighted by Crippen LogP contribution is -2.27. The fraction of sp³-hybridized carbons (Fsp3) is 0.429. The molecule has 0 atom stereocenters. The van der Waals surface area contributed by atoms with Gasteiger partial charge in [0.05, 0.1) is 17.2 Å². The summed E-state index contributed by atoms with van der Waals surface area (Å²) in [6.45, 7) is 1.30. The number of carbonyl (C=O) groups excluding carboxylic acids is 2. The zero-order valence-corrected chi connectivity index (χ0v) is 13.9. The summed E-state index contributed by atoms with van der Waals surface area (Å²) in [5, 5.41) is 5.66. The Hall–Kier alpha value is -1.34. The van der Waals surface area contributed by atoms with Crippen molar-refractivity contribution in [3.8, 4) is 0 Å². The molecular formula is C14H21Cl2N3O3. The molecular weight excluding hydrogens is 329 g/mol. The molecule has 22 heavy (non-hydrogen) atoms. The predicted octanol–water partition coefficient (Wildman–Crippen LogP) is 1.82. The molecule has 0 aliphatic heterocycles. The topological polar surface area (TPSA) is 93.5 Å². The van der Waals surface area contributed by atoms with E-state index in [0.717, 1.165) is 0 Å². The van der Waals surface area contributed by atoms with Crippen molar-refractivity contribution in [2.24, 2.45) is 5.73 Å². The van der Waals surface area contributed by atoms with E-state index in [0.29, 0.717) is 43.8 Å². The van der Waals surface area contributed by atoms with Crippen LogP contribution in [-0.2, 0) is 9.53 Å². The minimum atomic E-state index is -0.280. The first-order valence-electron chi connectivity index (χ1n) is 6.65. The first kappa shape index (κ1) is 20.7. The quantitative estimate of drug-likeness (QED) is 0.624. The number of nitrogens with one attached hydrogen (secondary N) is 2. The molecule has 4 N–H and O–H groups in total. The molecule has 0 saturated heterocycles. The van der Waals surface area contributed by atoms with Crippen LogP contribution in [0.4, 0.5) is 5.69 Å². The Morgan fingerprint density at radius 1 is 1.36 bits per heavy atom. The van der Waals surface area contributed by atoms with Crippen LogP contribution in [0.5, 0.6) is 0 Å². The van der Waals surface area contributed by atoms with Crippen LogP contribution in [0.1, 0.15) is 23.2 Å². The van der Waals surface area contributed by atoms with E-state index in [4.69, 9.17) is 22.1 Å². The van der Waals surface area contributed by atoms with Crippen LogP contribution in [0.2, 0.25) is 5.02 Å². The Labute approximate surface area is 141 Å². The van der Waals surface area contributed by atoms with Gasteiger partial charge in [-0.15, -0.1) is 12.4 Å². The van der Waals surface area contributed by atoms with Crippen molar-refractivity contribution in [2.45, 2.75) is 12.8 Å². The average Bonchev–Trinajstić information content (AvgIpc) is 2.45. The number of ether oxygens (including phenoxy) is 1. The maximum Gasteiger partial charge on any atom is 0.252 e. The zero-order chi connectivity index (χ0) is 15.7. The molecule has 0 aliphatic rings. The molecule has 0 bridgehead atoms. The molecule has 0 spiro atoms.